The van der Waals surface area contributed by atoms with Crippen molar-refractivity contribution in [3.05, 3.63) is 46.5 Å². The van der Waals surface area contributed by atoms with E-state index in [1.165, 1.54) is 27.5 Å². The first kappa shape index (κ1) is 23.8. The number of rotatable bonds is 6. The molecule has 2 aromatic carbocycles. The maximum atomic E-state index is 12.9. The highest BCUT2D eigenvalue weighted by molar-refractivity contribution is 6.39. The second-order valence-electron chi connectivity index (χ2n) is 5.80. The van der Waals surface area contributed by atoms with Gasteiger partial charge in [0.25, 0.3) is 0 Å². The minimum atomic E-state index is -4.72. The molecule has 12 heteroatoms. The average Bonchev–Trinajstić information content (AvgIpc) is 2.73. The molecule has 0 aliphatic heterocycles. The predicted molar refractivity (Wildman–Crippen MR) is 107 cm³/mol. The van der Waals surface area contributed by atoms with Crippen LogP contribution in [-0.4, -0.2) is 39.4 Å². The largest absolute Gasteiger partial charge is 0.493 e. The third-order valence-corrected chi connectivity index (χ3v) is 4.13. The lowest BCUT2D eigenvalue weighted by Crippen LogP contribution is -2.32. The Morgan fingerprint density at radius 2 is 1.61 bits per heavy atom. The van der Waals surface area contributed by atoms with Crippen LogP contribution in [0.25, 0.3) is 0 Å². The molecule has 0 heterocycles. The van der Waals surface area contributed by atoms with Crippen LogP contribution in [0.2, 0.25) is 5.02 Å². The van der Waals surface area contributed by atoms with Gasteiger partial charge in [0.1, 0.15) is 0 Å². The normalized spacial score (nSPS) is 11.2. The number of carbonyl (C=O) groups excluding carboxylic acids is 2. The third kappa shape index (κ3) is 6.01. The van der Waals surface area contributed by atoms with Crippen LogP contribution >= 0.6 is 11.6 Å². The molecule has 2 N–H and O–H groups in total. The number of alkyl halides is 3. The van der Waals surface area contributed by atoms with E-state index in [2.05, 4.69) is 5.10 Å². The van der Waals surface area contributed by atoms with Gasteiger partial charge in [-0.15, -0.1) is 0 Å². The quantitative estimate of drug-likeness (QED) is 0.391. The van der Waals surface area contributed by atoms with Crippen LogP contribution in [0.3, 0.4) is 0 Å². The summed E-state index contributed by atoms with van der Waals surface area (Å²) in [6, 6.07) is 5.79. The Bertz CT molecular complexity index is 987. The number of halogens is 4. The monoisotopic (exact) mass is 459 g/mol. The van der Waals surface area contributed by atoms with Crippen molar-refractivity contribution in [1.29, 1.82) is 0 Å². The maximum absolute atomic E-state index is 12.9. The Labute approximate surface area is 179 Å². The molecular formula is C19H17ClF3N3O5. The Hall–Kier alpha value is -3.47. The number of carbonyl (C=O) groups is 2. The number of nitrogens with one attached hydrogen (secondary N) is 2. The molecular weight excluding hydrogens is 443 g/mol. The lowest BCUT2D eigenvalue weighted by atomic mass is 10.2. The SMILES string of the molecule is COc1cc(C=NNC(=O)C(=O)Nc2ccc(Cl)c(C(F)(F)F)c2)cc(OC)c1OC. The van der Waals surface area contributed by atoms with E-state index in [0.29, 0.717) is 28.9 Å². The van der Waals surface area contributed by atoms with E-state index in [4.69, 9.17) is 25.8 Å². The number of hydrogen-bond acceptors (Lipinski definition) is 6. The molecule has 0 aromatic heterocycles. The van der Waals surface area contributed by atoms with Gasteiger partial charge in [0, 0.05) is 11.3 Å². The van der Waals surface area contributed by atoms with Crippen LogP contribution in [0.15, 0.2) is 35.4 Å². The van der Waals surface area contributed by atoms with Gasteiger partial charge in [-0.2, -0.15) is 18.3 Å². The third-order valence-electron chi connectivity index (χ3n) is 3.80. The average molecular weight is 460 g/mol. The number of anilines is 1. The number of ether oxygens (including phenoxy) is 3. The summed E-state index contributed by atoms with van der Waals surface area (Å²) in [5, 5.41) is 5.15. The molecule has 2 rings (SSSR count). The van der Waals surface area contributed by atoms with Crippen molar-refractivity contribution >= 4 is 35.3 Å². The van der Waals surface area contributed by atoms with E-state index in [9.17, 15) is 22.8 Å². The molecule has 0 spiro atoms. The van der Waals surface area contributed by atoms with Gasteiger partial charge in [-0.25, -0.2) is 5.43 Å². The fourth-order valence-corrected chi connectivity index (χ4v) is 2.62. The Morgan fingerprint density at radius 3 is 2.13 bits per heavy atom. The van der Waals surface area contributed by atoms with Crippen molar-refractivity contribution in [3.63, 3.8) is 0 Å². The topological polar surface area (TPSA) is 98.2 Å². The molecule has 0 saturated carbocycles. The number of nitrogens with zero attached hydrogens (tertiary/aromatic N) is 1. The zero-order valence-corrected chi connectivity index (χ0v) is 17.2. The van der Waals surface area contributed by atoms with Crippen molar-refractivity contribution in [3.8, 4) is 17.2 Å². The van der Waals surface area contributed by atoms with Gasteiger partial charge in [0.2, 0.25) is 5.75 Å². The van der Waals surface area contributed by atoms with Crippen LogP contribution in [-0.2, 0) is 15.8 Å². The van der Waals surface area contributed by atoms with E-state index >= 15 is 0 Å². The zero-order chi connectivity index (χ0) is 23.2. The highest BCUT2D eigenvalue weighted by Crippen LogP contribution is 2.38. The van der Waals surface area contributed by atoms with Crippen molar-refractivity contribution in [2.24, 2.45) is 5.10 Å². The van der Waals surface area contributed by atoms with Crippen LogP contribution in [0.5, 0.6) is 17.2 Å². The van der Waals surface area contributed by atoms with E-state index < -0.39 is 28.6 Å². The van der Waals surface area contributed by atoms with Gasteiger partial charge in [0.05, 0.1) is 38.1 Å². The smallest absolute Gasteiger partial charge is 0.417 e. The summed E-state index contributed by atoms with van der Waals surface area (Å²) in [6.07, 6.45) is -3.51. The number of benzene rings is 2. The van der Waals surface area contributed by atoms with Crippen molar-refractivity contribution < 1.29 is 37.0 Å². The Balaban J connectivity index is 2.08. The van der Waals surface area contributed by atoms with Gasteiger partial charge in [-0.05, 0) is 30.3 Å². The molecule has 0 atom stereocenters. The molecule has 0 radical (unpaired) electrons. The summed E-state index contributed by atoms with van der Waals surface area (Å²) in [4.78, 5) is 23.8. The Morgan fingerprint density at radius 1 is 1.00 bits per heavy atom. The standard InChI is InChI=1S/C19H17ClF3N3O5/c1-29-14-6-10(7-15(30-2)16(14)31-3)9-24-26-18(28)17(27)25-11-4-5-13(20)12(8-11)19(21,22)23/h4-9H,1-3H3,(H,25,27)(H,26,28). The highest BCUT2D eigenvalue weighted by Gasteiger charge is 2.33. The molecule has 31 heavy (non-hydrogen) atoms. The molecule has 0 aliphatic rings. The summed E-state index contributed by atoms with van der Waals surface area (Å²) in [6.45, 7) is 0. The fourth-order valence-electron chi connectivity index (χ4n) is 2.40. The molecule has 0 bridgehead atoms. The number of amides is 2. The molecule has 8 nitrogen and oxygen atoms in total. The molecule has 0 unspecified atom stereocenters. The summed E-state index contributed by atoms with van der Waals surface area (Å²) in [7, 11) is 4.28. The van der Waals surface area contributed by atoms with Gasteiger partial charge in [-0.1, -0.05) is 11.6 Å². The lowest BCUT2D eigenvalue weighted by Gasteiger charge is -2.12. The zero-order valence-electron chi connectivity index (χ0n) is 16.5. The summed E-state index contributed by atoms with van der Waals surface area (Å²) in [5.41, 5.74) is 1.01. The van der Waals surface area contributed by atoms with Crippen molar-refractivity contribution in [2.75, 3.05) is 26.6 Å². The second-order valence-corrected chi connectivity index (χ2v) is 6.21. The Kier molecular flexibility index (Phi) is 7.70. The van der Waals surface area contributed by atoms with Crippen LogP contribution < -0.4 is 25.0 Å². The maximum Gasteiger partial charge on any atom is 0.417 e. The molecule has 2 amide bonds. The molecule has 0 aliphatic carbocycles. The molecule has 166 valence electrons. The summed E-state index contributed by atoms with van der Waals surface area (Å²) in [5.74, 6) is -1.39. The first-order chi connectivity index (χ1) is 14.6. The number of hydrogen-bond donors (Lipinski definition) is 2. The number of hydrazone groups is 1. The minimum absolute atomic E-state index is 0.259. The van der Waals surface area contributed by atoms with Gasteiger partial charge < -0.3 is 19.5 Å². The van der Waals surface area contributed by atoms with Crippen molar-refractivity contribution in [2.45, 2.75) is 6.18 Å². The van der Waals surface area contributed by atoms with Gasteiger partial charge in [0.15, 0.2) is 11.5 Å². The highest BCUT2D eigenvalue weighted by atomic mass is 35.5. The summed E-state index contributed by atoms with van der Waals surface area (Å²) >= 11 is 5.51. The van der Waals surface area contributed by atoms with Gasteiger partial charge >= 0.3 is 18.0 Å². The predicted octanol–water partition coefficient (Wildman–Crippen LogP) is 3.47. The first-order valence-electron chi connectivity index (χ1n) is 8.41. The summed E-state index contributed by atoms with van der Waals surface area (Å²) < 4.78 is 54.2. The first-order valence-corrected chi connectivity index (χ1v) is 8.79. The van der Waals surface area contributed by atoms with E-state index in [0.717, 1.165) is 12.1 Å². The van der Waals surface area contributed by atoms with Crippen molar-refractivity contribution in [1.82, 2.24) is 5.43 Å². The fraction of sp³-hybridized carbons (Fsp3) is 0.211. The van der Waals surface area contributed by atoms with Crippen LogP contribution in [0.4, 0.5) is 18.9 Å². The lowest BCUT2D eigenvalue weighted by molar-refractivity contribution is -0.137. The van der Waals surface area contributed by atoms with E-state index in [1.807, 2.05) is 10.7 Å². The van der Waals surface area contributed by atoms with Crippen LogP contribution in [0.1, 0.15) is 11.1 Å². The molecule has 0 fully saturated rings. The van der Waals surface area contributed by atoms with E-state index in [1.54, 1.807) is 12.1 Å². The molecule has 2 aromatic rings. The number of methoxy groups -OCH3 is 3. The minimum Gasteiger partial charge on any atom is -0.493 e. The van der Waals surface area contributed by atoms with Gasteiger partial charge in [-0.3, -0.25) is 9.59 Å². The second kappa shape index (κ2) is 10.0. The van der Waals surface area contributed by atoms with Crippen LogP contribution in [0, 0.1) is 0 Å². The molecule has 0 saturated heterocycles. The van der Waals surface area contributed by atoms with E-state index in [-0.39, 0.29) is 5.69 Å².